The molecule has 0 radical (unpaired) electrons. The molecule has 1 aliphatic carbocycles. The highest BCUT2D eigenvalue weighted by Gasteiger charge is 2.21. The lowest BCUT2D eigenvalue weighted by Crippen LogP contribution is -1.91. The van der Waals surface area contributed by atoms with Crippen molar-refractivity contribution in [1.29, 1.82) is 0 Å². The molecule has 1 heterocycles. The van der Waals surface area contributed by atoms with E-state index in [2.05, 4.69) is 109 Å². The number of rotatable bonds is 2. The molecule has 1 aromatic heterocycles. The Balaban J connectivity index is 1.38. The van der Waals surface area contributed by atoms with Crippen molar-refractivity contribution in [3.05, 3.63) is 103 Å². The van der Waals surface area contributed by atoms with Crippen LogP contribution in [0.2, 0.25) is 0 Å². The number of benzene rings is 5. The van der Waals surface area contributed by atoms with Crippen LogP contribution < -0.4 is 0 Å². The van der Waals surface area contributed by atoms with E-state index in [0.717, 1.165) is 22.4 Å². The molecule has 2 nitrogen and oxygen atoms in total. The maximum Gasteiger partial charge on any atom is 0.140 e. The van der Waals surface area contributed by atoms with Crippen LogP contribution >= 0.6 is 0 Å². The van der Waals surface area contributed by atoms with E-state index in [-0.39, 0.29) is 0 Å². The SMILES string of the molecule is Cn1c(-c2ccccc2)nc2cc(-c3ccc4c(c3)-c3cccc5cccc-4c35)ccc21. The van der Waals surface area contributed by atoms with Crippen LogP contribution in [0.4, 0.5) is 0 Å². The smallest absolute Gasteiger partial charge is 0.140 e. The molecule has 5 aromatic carbocycles. The van der Waals surface area contributed by atoms with Crippen LogP contribution in [0.3, 0.4) is 0 Å². The predicted molar refractivity (Wildman–Crippen MR) is 134 cm³/mol. The third-order valence-corrected chi connectivity index (χ3v) is 6.75. The molecule has 0 bridgehead atoms. The van der Waals surface area contributed by atoms with E-state index in [1.54, 1.807) is 0 Å². The maximum atomic E-state index is 4.97. The first-order valence-corrected chi connectivity index (χ1v) is 11.0. The van der Waals surface area contributed by atoms with Gasteiger partial charge in [-0.25, -0.2) is 4.98 Å². The second kappa shape index (κ2) is 6.41. The van der Waals surface area contributed by atoms with Gasteiger partial charge in [0, 0.05) is 12.6 Å². The summed E-state index contributed by atoms with van der Waals surface area (Å²) in [6, 6.07) is 37.1. The molecular formula is C30H20N2. The number of fused-ring (bicyclic) bond motifs is 4. The zero-order valence-electron chi connectivity index (χ0n) is 17.7. The quantitative estimate of drug-likeness (QED) is 0.286. The van der Waals surface area contributed by atoms with Crippen LogP contribution in [0.1, 0.15) is 0 Å². The van der Waals surface area contributed by atoms with Gasteiger partial charge in [0.15, 0.2) is 0 Å². The molecule has 1 aliphatic rings. The highest BCUT2D eigenvalue weighted by atomic mass is 15.1. The average Bonchev–Trinajstić information content (AvgIpc) is 3.36. The van der Waals surface area contributed by atoms with E-state index in [0.29, 0.717) is 0 Å². The molecule has 0 unspecified atom stereocenters. The van der Waals surface area contributed by atoms with Gasteiger partial charge in [0.1, 0.15) is 5.82 Å². The fourth-order valence-electron chi connectivity index (χ4n) is 5.20. The fraction of sp³-hybridized carbons (Fsp3) is 0.0333. The summed E-state index contributed by atoms with van der Waals surface area (Å²) in [5.41, 5.74) is 11.0. The Morgan fingerprint density at radius 1 is 0.562 bits per heavy atom. The zero-order valence-corrected chi connectivity index (χ0v) is 17.7. The monoisotopic (exact) mass is 408 g/mol. The van der Waals surface area contributed by atoms with Gasteiger partial charge < -0.3 is 4.57 Å². The molecule has 7 rings (SSSR count). The van der Waals surface area contributed by atoms with Gasteiger partial charge in [-0.2, -0.15) is 0 Å². The summed E-state index contributed by atoms with van der Waals surface area (Å²) in [5, 5.41) is 2.68. The van der Waals surface area contributed by atoms with Crippen LogP contribution in [-0.2, 0) is 7.05 Å². The predicted octanol–water partition coefficient (Wildman–Crippen LogP) is 7.71. The highest BCUT2D eigenvalue weighted by Crippen LogP contribution is 2.48. The zero-order chi connectivity index (χ0) is 21.2. The Hall–Kier alpha value is -4.17. The number of hydrogen-bond donors (Lipinski definition) is 0. The van der Waals surface area contributed by atoms with Crippen LogP contribution in [0.5, 0.6) is 0 Å². The number of aromatic nitrogens is 2. The summed E-state index contributed by atoms with van der Waals surface area (Å²) in [6.07, 6.45) is 0. The molecule has 0 aliphatic heterocycles. The first kappa shape index (κ1) is 17.5. The second-order valence-electron chi connectivity index (χ2n) is 8.53. The van der Waals surface area contributed by atoms with Crippen molar-refractivity contribution in [2.24, 2.45) is 7.05 Å². The normalized spacial score (nSPS) is 11.9. The van der Waals surface area contributed by atoms with Gasteiger partial charge in [0.25, 0.3) is 0 Å². The minimum Gasteiger partial charge on any atom is -0.327 e. The molecule has 6 aromatic rings. The second-order valence-corrected chi connectivity index (χ2v) is 8.53. The van der Waals surface area contributed by atoms with Crippen molar-refractivity contribution >= 4 is 21.8 Å². The van der Waals surface area contributed by atoms with E-state index >= 15 is 0 Å². The van der Waals surface area contributed by atoms with Crippen LogP contribution in [-0.4, -0.2) is 9.55 Å². The molecule has 0 fully saturated rings. The number of nitrogens with zero attached hydrogens (tertiary/aromatic N) is 2. The minimum atomic E-state index is 0.994. The topological polar surface area (TPSA) is 17.8 Å². The lowest BCUT2D eigenvalue weighted by molar-refractivity contribution is 0.959. The lowest BCUT2D eigenvalue weighted by atomic mass is 9.97. The Morgan fingerprint density at radius 3 is 2.09 bits per heavy atom. The first-order chi connectivity index (χ1) is 15.8. The fourth-order valence-corrected chi connectivity index (χ4v) is 5.20. The van der Waals surface area contributed by atoms with Crippen molar-refractivity contribution in [1.82, 2.24) is 9.55 Å². The van der Waals surface area contributed by atoms with E-state index in [4.69, 9.17) is 4.98 Å². The summed E-state index contributed by atoms with van der Waals surface area (Å²) in [6.45, 7) is 0. The number of imidazole rings is 1. The molecular weight excluding hydrogens is 388 g/mol. The molecule has 0 atom stereocenters. The highest BCUT2D eigenvalue weighted by molar-refractivity contribution is 6.15. The van der Waals surface area contributed by atoms with Gasteiger partial charge in [-0.1, -0.05) is 84.9 Å². The van der Waals surface area contributed by atoms with Gasteiger partial charge in [-0.15, -0.1) is 0 Å². The Morgan fingerprint density at radius 2 is 1.28 bits per heavy atom. The molecule has 32 heavy (non-hydrogen) atoms. The summed E-state index contributed by atoms with van der Waals surface area (Å²) in [4.78, 5) is 4.97. The van der Waals surface area contributed by atoms with Crippen molar-refractivity contribution in [2.75, 3.05) is 0 Å². The van der Waals surface area contributed by atoms with Crippen LogP contribution in [0, 0.1) is 0 Å². The number of aryl methyl sites for hydroxylation is 1. The van der Waals surface area contributed by atoms with Crippen molar-refractivity contribution in [2.45, 2.75) is 0 Å². The minimum absolute atomic E-state index is 0.994. The Bertz CT molecular complexity index is 1670. The third-order valence-electron chi connectivity index (χ3n) is 6.75. The third kappa shape index (κ3) is 2.38. The molecule has 2 heteroatoms. The largest absolute Gasteiger partial charge is 0.327 e. The number of hydrogen-bond acceptors (Lipinski definition) is 1. The molecule has 0 N–H and O–H groups in total. The molecule has 0 saturated heterocycles. The molecule has 150 valence electrons. The van der Waals surface area contributed by atoms with E-state index in [9.17, 15) is 0 Å². The Labute approximate surface area is 186 Å². The van der Waals surface area contributed by atoms with Gasteiger partial charge in [-0.05, 0) is 62.4 Å². The summed E-state index contributed by atoms with van der Waals surface area (Å²) in [7, 11) is 2.09. The van der Waals surface area contributed by atoms with E-state index < -0.39 is 0 Å². The summed E-state index contributed by atoms with van der Waals surface area (Å²) < 4.78 is 2.18. The van der Waals surface area contributed by atoms with Gasteiger partial charge in [0.05, 0.1) is 11.0 Å². The standard InChI is InChI=1S/C30H20N2/c1-32-28-16-14-22(18-27(28)31-30(32)20-7-3-2-4-8-20)21-13-15-23-24-11-5-9-19-10-6-12-25(29(19)24)26(23)17-21/h2-18H,1H3. The maximum absolute atomic E-state index is 4.97. The molecule has 0 saturated carbocycles. The first-order valence-electron chi connectivity index (χ1n) is 11.0. The summed E-state index contributed by atoms with van der Waals surface area (Å²) in [5.74, 6) is 0.994. The van der Waals surface area contributed by atoms with E-state index in [1.165, 1.54) is 44.2 Å². The van der Waals surface area contributed by atoms with Crippen LogP contribution in [0.15, 0.2) is 103 Å². The van der Waals surface area contributed by atoms with Crippen molar-refractivity contribution < 1.29 is 0 Å². The van der Waals surface area contributed by atoms with Gasteiger partial charge in [0.2, 0.25) is 0 Å². The lowest BCUT2D eigenvalue weighted by Gasteiger charge is -2.07. The van der Waals surface area contributed by atoms with Gasteiger partial charge >= 0.3 is 0 Å². The molecule has 0 spiro atoms. The average molecular weight is 409 g/mol. The van der Waals surface area contributed by atoms with Crippen molar-refractivity contribution in [3.63, 3.8) is 0 Å². The Kier molecular flexibility index (Phi) is 3.51. The van der Waals surface area contributed by atoms with Crippen LogP contribution in [0.25, 0.3) is 66.6 Å². The van der Waals surface area contributed by atoms with E-state index in [1.807, 2.05) is 6.07 Å². The summed E-state index contributed by atoms with van der Waals surface area (Å²) >= 11 is 0. The van der Waals surface area contributed by atoms with Crippen molar-refractivity contribution in [3.8, 4) is 44.8 Å². The van der Waals surface area contributed by atoms with Gasteiger partial charge in [-0.3, -0.25) is 0 Å². The molecule has 0 amide bonds.